The number of aryl methyl sites for hydroxylation is 1. The van der Waals surface area contributed by atoms with Gasteiger partial charge in [-0.15, -0.1) is 11.3 Å². The predicted molar refractivity (Wildman–Crippen MR) is 99.1 cm³/mol. The first-order valence-electron chi connectivity index (χ1n) is 8.22. The van der Waals surface area contributed by atoms with E-state index in [0.29, 0.717) is 0 Å². The van der Waals surface area contributed by atoms with Gasteiger partial charge in [-0.25, -0.2) is 8.78 Å². The number of quaternary nitrogens is 1. The highest BCUT2D eigenvalue weighted by atomic mass is 32.1. The van der Waals surface area contributed by atoms with Crippen LogP contribution in [0.15, 0.2) is 60.0 Å². The Morgan fingerprint density at radius 1 is 1.08 bits per heavy atom. The molecule has 1 heterocycles. The zero-order chi connectivity index (χ0) is 18.5. The number of anilines is 1. The molecule has 0 bridgehead atoms. The number of thiophene rings is 1. The molecule has 0 saturated heterocycles. The number of hydrogen-bond acceptors (Lipinski definition) is 2. The molecule has 134 valence electrons. The van der Waals surface area contributed by atoms with Gasteiger partial charge in [-0.1, -0.05) is 42.0 Å². The van der Waals surface area contributed by atoms with Crippen molar-refractivity contribution >= 4 is 22.9 Å². The van der Waals surface area contributed by atoms with Crippen LogP contribution in [0.4, 0.5) is 14.5 Å². The zero-order valence-electron chi connectivity index (χ0n) is 14.2. The number of hydrogen-bond donors (Lipinski definition) is 2. The minimum absolute atomic E-state index is 0.0459. The molecule has 1 amide bonds. The standard InChI is InChI=1S/C20H18F2N2OS/c1-13-7-9-14(10-8-13)19(17-6-3-11-26-17)23-12-18(25)24-20-15(21)4-2-5-16(20)22/h2-11,19,23H,12H2,1H3,(H,24,25)/p+1/t19-/m0/s1. The van der Waals surface area contributed by atoms with E-state index in [1.807, 2.05) is 54.0 Å². The van der Waals surface area contributed by atoms with Crippen LogP contribution in [-0.4, -0.2) is 12.5 Å². The van der Waals surface area contributed by atoms with Gasteiger partial charge in [-0.3, -0.25) is 4.79 Å². The van der Waals surface area contributed by atoms with E-state index in [9.17, 15) is 13.6 Å². The fraction of sp³-hybridized carbons (Fsp3) is 0.150. The Balaban J connectivity index is 1.72. The van der Waals surface area contributed by atoms with Gasteiger partial charge in [0.1, 0.15) is 23.4 Å². The maximum absolute atomic E-state index is 13.7. The molecule has 0 saturated carbocycles. The van der Waals surface area contributed by atoms with Crippen LogP contribution < -0.4 is 10.6 Å². The number of para-hydroxylation sites is 1. The second-order valence-corrected chi connectivity index (χ2v) is 6.97. The maximum Gasteiger partial charge on any atom is 0.279 e. The lowest BCUT2D eigenvalue weighted by atomic mass is 10.0. The summed E-state index contributed by atoms with van der Waals surface area (Å²) in [6.07, 6.45) is 0. The number of nitrogens with one attached hydrogen (secondary N) is 1. The summed E-state index contributed by atoms with van der Waals surface area (Å²) >= 11 is 1.61. The molecule has 1 atom stereocenters. The Bertz CT molecular complexity index is 859. The van der Waals surface area contributed by atoms with E-state index in [0.717, 1.165) is 28.1 Å². The lowest BCUT2D eigenvalue weighted by Gasteiger charge is -2.15. The fourth-order valence-electron chi connectivity index (χ4n) is 2.69. The lowest BCUT2D eigenvalue weighted by molar-refractivity contribution is -0.675. The minimum atomic E-state index is -0.785. The van der Waals surface area contributed by atoms with Gasteiger partial charge >= 0.3 is 0 Å². The van der Waals surface area contributed by atoms with Crippen molar-refractivity contribution in [2.24, 2.45) is 0 Å². The molecule has 0 spiro atoms. The Morgan fingerprint density at radius 3 is 2.38 bits per heavy atom. The third-order valence-electron chi connectivity index (χ3n) is 4.05. The van der Waals surface area contributed by atoms with E-state index in [4.69, 9.17) is 0 Å². The summed E-state index contributed by atoms with van der Waals surface area (Å²) in [6, 6.07) is 15.5. The second kappa shape index (κ2) is 8.21. The second-order valence-electron chi connectivity index (χ2n) is 5.99. The van der Waals surface area contributed by atoms with Gasteiger partial charge in [-0.05, 0) is 30.5 Å². The molecule has 3 rings (SSSR count). The summed E-state index contributed by atoms with van der Waals surface area (Å²) in [5.74, 6) is -2.03. The highest BCUT2D eigenvalue weighted by molar-refractivity contribution is 7.10. The van der Waals surface area contributed by atoms with Crippen LogP contribution in [0.25, 0.3) is 0 Å². The van der Waals surface area contributed by atoms with Crippen LogP contribution in [0.2, 0.25) is 0 Å². The van der Waals surface area contributed by atoms with E-state index in [2.05, 4.69) is 5.32 Å². The highest BCUT2D eigenvalue weighted by Crippen LogP contribution is 2.23. The van der Waals surface area contributed by atoms with Crippen LogP contribution in [-0.2, 0) is 4.79 Å². The van der Waals surface area contributed by atoms with Crippen LogP contribution in [0.1, 0.15) is 22.0 Å². The van der Waals surface area contributed by atoms with Crippen molar-refractivity contribution in [3.63, 3.8) is 0 Å². The molecule has 0 aliphatic carbocycles. The predicted octanol–water partition coefficient (Wildman–Crippen LogP) is 3.63. The number of carbonyl (C=O) groups is 1. The van der Waals surface area contributed by atoms with Crippen LogP contribution >= 0.6 is 11.3 Å². The molecule has 3 aromatic rings. The zero-order valence-corrected chi connectivity index (χ0v) is 15.0. The molecule has 1 aromatic heterocycles. The van der Waals surface area contributed by atoms with E-state index in [1.54, 1.807) is 11.3 Å². The van der Waals surface area contributed by atoms with Crippen molar-refractivity contribution in [2.75, 3.05) is 11.9 Å². The van der Waals surface area contributed by atoms with Crippen molar-refractivity contribution in [3.8, 4) is 0 Å². The first-order chi connectivity index (χ1) is 12.5. The third kappa shape index (κ3) is 4.33. The minimum Gasteiger partial charge on any atom is -0.328 e. The smallest absolute Gasteiger partial charge is 0.279 e. The van der Waals surface area contributed by atoms with Crippen molar-refractivity contribution in [1.29, 1.82) is 0 Å². The topological polar surface area (TPSA) is 45.7 Å². The van der Waals surface area contributed by atoms with E-state index < -0.39 is 23.2 Å². The van der Waals surface area contributed by atoms with Gasteiger partial charge in [0.05, 0.1) is 4.88 Å². The van der Waals surface area contributed by atoms with Crippen LogP contribution in [0.5, 0.6) is 0 Å². The summed E-state index contributed by atoms with van der Waals surface area (Å²) < 4.78 is 27.3. The molecule has 26 heavy (non-hydrogen) atoms. The molecular weight excluding hydrogens is 354 g/mol. The Kier molecular flexibility index (Phi) is 5.75. The molecule has 0 aliphatic rings. The first-order valence-corrected chi connectivity index (χ1v) is 9.09. The van der Waals surface area contributed by atoms with Crippen LogP contribution in [0.3, 0.4) is 0 Å². The number of halogens is 2. The Labute approximate surface area is 154 Å². The molecule has 0 fully saturated rings. The molecule has 0 aliphatic heterocycles. The molecule has 2 aromatic carbocycles. The number of benzene rings is 2. The number of nitrogens with two attached hydrogens (primary N) is 1. The van der Waals surface area contributed by atoms with Gasteiger partial charge < -0.3 is 10.6 Å². The molecular formula is C20H19F2N2OS+. The maximum atomic E-state index is 13.7. The van der Waals surface area contributed by atoms with Gasteiger partial charge in [0.15, 0.2) is 6.54 Å². The summed E-state index contributed by atoms with van der Waals surface area (Å²) in [5.41, 5.74) is 1.82. The average Bonchev–Trinajstić information content (AvgIpc) is 3.14. The number of amides is 1. The van der Waals surface area contributed by atoms with Gasteiger partial charge in [-0.2, -0.15) is 0 Å². The van der Waals surface area contributed by atoms with E-state index in [1.165, 1.54) is 6.07 Å². The summed E-state index contributed by atoms with van der Waals surface area (Å²) in [4.78, 5) is 13.3. The Hall–Kier alpha value is -2.57. The van der Waals surface area contributed by atoms with Crippen molar-refractivity contribution < 1.29 is 18.9 Å². The van der Waals surface area contributed by atoms with Crippen LogP contribution in [0, 0.1) is 18.6 Å². The first kappa shape index (κ1) is 18.2. The number of carbonyl (C=O) groups excluding carboxylic acids is 1. The van der Waals surface area contributed by atoms with Crippen molar-refractivity contribution in [1.82, 2.24) is 0 Å². The van der Waals surface area contributed by atoms with E-state index >= 15 is 0 Å². The molecule has 0 unspecified atom stereocenters. The summed E-state index contributed by atoms with van der Waals surface area (Å²) in [5, 5.41) is 6.17. The third-order valence-corrected chi connectivity index (χ3v) is 5.01. The van der Waals surface area contributed by atoms with E-state index in [-0.39, 0.29) is 12.6 Å². The monoisotopic (exact) mass is 373 g/mol. The van der Waals surface area contributed by atoms with Gasteiger partial charge in [0.2, 0.25) is 0 Å². The van der Waals surface area contributed by atoms with Gasteiger partial charge in [0, 0.05) is 5.56 Å². The van der Waals surface area contributed by atoms with Crippen molar-refractivity contribution in [2.45, 2.75) is 13.0 Å². The SMILES string of the molecule is Cc1ccc([C@H]([NH2+]CC(=O)Nc2c(F)cccc2F)c2cccs2)cc1. The largest absolute Gasteiger partial charge is 0.328 e. The van der Waals surface area contributed by atoms with Crippen molar-refractivity contribution in [3.05, 3.63) is 87.6 Å². The molecule has 3 N–H and O–H groups in total. The van der Waals surface area contributed by atoms with Gasteiger partial charge in [0.25, 0.3) is 5.91 Å². The molecule has 6 heteroatoms. The normalized spacial score (nSPS) is 12.0. The summed E-state index contributed by atoms with van der Waals surface area (Å²) in [6.45, 7) is 2.06. The average molecular weight is 373 g/mol. The highest BCUT2D eigenvalue weighted by Gasteiger charge is 2.21. The number of rotatable bonds is 6. The Morgan fingerprint density at radius 2 is 1.77 bits per heavy atom. The lowest BCUT2D eigenvalue weighted by Crippen LogP contribution is -2.87. The summed E-state index contributed by atoms with van der Waals surface area (Å²) in [7, 11) is 0. The fourth-order valence-corrected chi connectivity index (χ4v) is 3.54. The molecule has 3 nitrogen and oxygen atoms in total. The molecule has 0 radical (unpaired) electrons. The quantitative estimate of drug-likeness (QED) is 0.681.